The minimum Gasteiger partial charge on any atom is -0.396 e. The van der Waals surface area contributed by atoms with E-state index in [2.05, 4.69) is 6.92 Å². The van der Waals surface area contributed by atoms with Crippen LogP contribution in [0, 0.1) is 0 Å². The third kappa shape index (κ3) is 5.01. The van der Waals surface area contributed by atoms with Crippen molar-refractivity contribution in [1.29, 1.82) is 0 Å². The van der Waals surface area contributed by atoms with E-state index in [1.165, 1.54) is 28.9 Å². The van der Waals surface area contributed by atoms with Gasteiger partial charge in [0.2, 0.25) is 0 Å². The van der Waals surface area contributed by atoms with E-state index in [9.17, 15) is 9.59 Å². The van der Waals surface area contributed by atoms with Crippen molar-refractivity contribution in [1.82, 2.24) is 5.06 Å². The fraction of sp³-hybridized carbons (Fsp3) is 0.368. The second kappa shape index (κ2) is 10.6. The van der Waals surface area contributed by atoms with Gasteiger partial charge in [-0.3, -0.25) is 9.59 Å². The van der Waals surface area contributed by atoms with Gasteiger partial charge in [0.1, 0.15) is 0 Å². The number of nitrogens with zero attached hydrogens (tertiary/aromatic N) is 1. The van der Waals surface area contributed by atoms with Gasteiger partial charge in [0, 0.05) is 46.4 Å². The van der Waals surface area contributed by atoms with Crippen molar-refractivity contribution in [3.8, 4) is 0 Å². The lowest BCUT2D eigenvalue weighted by Gasteiger charge is -2.18. The highest BCUT2D eigenvalue weighted by Crippen LogP contribution is 2.32. The summed E-state index contributed by atoms with van der Waals surface area (Å²) >= 11 is 2.73. The second-order valence-corrected chi connectivity index (χ2v) is 7.55. The Morgan fingerprint density at radius 3 is 2.77 bits per heavy atom. The number of thioether (sulfide) groups is 1. The van der Waals surface area contributed by atoms with Crippen molar-refractivity contribution in [2.45, 2.75) is 24.7 Å². The summed E-state index contributed by atoms with van der Waals surface area (Å²) in [5, 5.41) is 11.7. The maximum atomic E-state index is 12.8. The number of rotatable bonds is 10. The number of fused-ring (bicyclic) bond motifs is 1. The lowest BCUT2D eigenvalue weighted by Crippen LogP contribution is -2.25. The third-order valence-electron chi connectivity index (χ3n) is 3.77. The molecule has 26 heavy (non-hydrogen) atoms. The molecule has 0 atom stereocenters. The molecule has 5 nitrogen and oxygen atoms in total. The molecule has 0 aliphatic rings. The third-order valence-corrected chi connectivity index (χ3v) is 5.61. The van der Waals surface area contributed by atoms with Crippen molar-refractivity contribution in [3.05, 3.63) is 41.5 Å². The Morgan fingerprint density at radius 2 is 2.08 bits per heavy atom. The van der Waals surface area contributed by atoms with Gasteiger partial charge < -0.3 is 5.11 Å². The number of carbonyl (C=O) groups is 2. The Balaban J connectivity index is 2.37. The second-order valence-electron chi connectivity index (χ2n) is 5.62. The average Bonchev–Trinajstić information content (AvgIpc) is 2.68. The molecular weight excluding hydrogens is 370 g/mol. The maximum Gasteiger partial charge on any atom is 0.278 e. The van der Waals surface area contributed by atoms with Crippen molar-refractivity contribution in [2.24, 2.45) is 0 Å². The van der Waals surface area contributed by atoms with Crippen LogP contribution < -0.4 is 0 Å². The molecule has 2 aromatic rings. The summed E-state index contributed by atoms with van der Waals surface area (Å²) in [5.41, 5.74) is 0.888. The number of aldehydes is 1. The minimum atomic E-state index is -0.299. The molecule has 0 bridgehead atoms. The lowest BCUT2D eigenvalue weighted by atomic mass is 9.99. The molecule has 0 aliphatic carbocycles. The van der Waals surface area contributed by atoms with E-state index in [-0.39, 0.29) is 12.5 Å². The fourth-order valence-electron chi connectivity index (χ4n) is 2.49. The van der Waals surface area contributed by atoms with E-state index >= 15 is 0 Å². The van der Waals surface area contributed by atoms with Crippen LogP contribution in [0.1, 0.15) is 40.5 Å². The normalized spacial score (nSPS) is 10.9. The highest BCUT2D eigenvalue weighted by atomic mass is 32.2. The number of unbranched alkanes of at least 4 members (excludes halogenated alkanes) is 1. The quantitative estimate of drug-likeness (QED) is 0.215. The van der Waals surface area contributed by atoms with Gasteiger partial charge in [-0.05, 0) is 23.9 Å². The van der Waals surface area contributed by atoms with E-state index in [1.807, 2.05) is 12.1 Å². The number of hydrogen-bond acceptors (Lipinski definition) is 6. The van der Waals surface area contributed by atoms with Crippen LogP contribution in [0.25, 0.3) is 10.8 Å². The molecule has 0 radical (unpaired) electrons. The molecule has 7 heteroatoms. The zero-order valence-electron chi connectivity index (χ0n) is 14.9. The number of carbonyl (C=O) groups excluding carboxylic acids is 2. The summed E-state index contributed by atoms with van der Waals surface area (Å²) in [7, 11) is 1.57. The van der Waals surface area contributed by atoms with E-state index in [1.54, 1.807) is 25.2 Å². The molecule has 1 amide bonds. The zero-order valence-corrected chi connectivity index (χ0v) is 16.6. The van der Waals surface area contributed by atoms with Gasteiger partial charge in [0.15, 0.2) is 6.29 Å². The summed E-state index contributed by atoms with van der Waals surface area (Å²) in [6.45, 7) is 2.16. The first-order chi connectivity index (χ1) is 12.6. The van der Waals surface area contributed by atoms with Crippen molar-refractivity contribution < 1.29 is 19.0 Å². The molecule has 1 N–H and O–H groups in total. The van der Waals surface area contributed by atoms with Crippen LogP contribution in [0.15, 0.2) is 35.2 Å². The van der Waals surface area contributed by atoms with Crippen LogP contribution in [0.5, 0.6) is 0 Å². The monoisotopic (exact) mass is 393 g/mol. The Hall–Kier alpha value is -1.54. The number of aliphatic hydroxyl groups is 1. The number of benzene rings is 2. The zero-order chi connectivity index (χ0) is 18.9. The van der Waals surface area contributed by atoms with E-state index < -0.39 is 0 Å². The lowest BCUT2D eigenvalue weighted by molar-refractivity contribution is 0.00179. The number of hydroxylamine groups is 2. The molecular formula is C19H23NO4S2. The molecule has 2 aromatic carbocycles. The first-order valence-corrected chi connectivity index (χ1v) is 10.4. The van der Waals surface area contributed by atoms with Crippen LogP contribution in [0.3, 0.4) is 0 Å². The van der Waals surface area contributed by atoms with Crippen molar-refractivity contribution in [3.63, 3.8) is 0 Å². The number of hydrogen-bond donors (Lipinski definition) is 1. The largest absolute Gasteiger partial charge is 0.396 e. The highest BCUT2D eigenvalue weighted by Gasteiger charge is 2.19. The van der Waals surface area contributed by atoms with Gasteiger partial charge in [-0.15, -0.1) is 11.8 Å². The molecule has 0 heterocycles. The predicted molar refractivity (Wildman–Crippen MR) is 108 cm³/mol. The van der Waals surface area contributed by atoms with Crippen LogP contribution >= 0.6 is 23.8 Å². The van der Waals surface area contributed by atoms with E-state index in [0.717, 1.165) is 35.2 Å². The standard InChI is InChI=1S/C19H23NO4S2/c1-3-4-11-26-24-20(2)19(23)16-8-9-17(25-12-10-21)15-7-5-6-14(13-22)18(15)16/h5-9,13,21H,3-4,10-12H2,1-2H3. The Morgan fingerprint density at radius 1 is 1.27 bits per heavy atom. The minimum absolute atomic E-state index is 0.0613. The van der Waals surface area contributed by atoms with Crippen LogP contribution in [-0.2, 0) is 4.28 Å². The van der Waals surface area contributed by atoms with Gasteiger partial charge in [-0.2, -0.15) is 4.28 Å². The first kappa shape index (κ1) is 20.8. The highest BCUT2D eigenvalue weighted by molar-refractivity contribution is 7.99. The van der Waals surface area contributed by atoms with Gasteiger partial charge in [0.05, 0.1) is 12.2 Å². The molecule has 2 rings (SSSR count). The van der Waals surface area contributed by atoms with Gasteiger partial charge in [-0.1, -0.05) is 31.5 Å². The molecule has 140 valence electrons. The molecule has 0 aliphatic heterocycles. The SMILES string of the molecule is CCCCSON(C)C(=O)c1ccc(SCCO)c2cccc(C=O)c12. The molecule has 0 spiro atoms. The van der Waals surface area contributed by atoms with Crippen molar-refractivity contribution >= 4 is 46.8 Å². The summed E-state index contributed by atoms with van der Waals surface area (Å²) in [5.74, 6) is 1.06. The summed E-state index contributed by atoms with van der Waals surface area (Å²) in [6, 6.07) is 8.94. The predicted octanol–water partition coefficient (Wildman–Crippen LogP) is 4.19. The van der Waals surface area contributed by atoms with Crippen LogP contribution in [0.4, 0.5) is 0 Å². The summed E-state index contributed by atoms with van der Waals surface area (Å²) in [6.07, 6.45) is 2.84. The Labute approximate surface area is 162 Å². The number of amides is 1. The molecule has 0 fully saturated rings. The Kier molecular flexibility index (Phi) is 8.44. The van der Waals surface area contributed by atoms with E-state index in [4.69, 9.17) is 9.39 Å². The van der Waals surface area contributed by atoms with Gasteiger partial charge >= 0.3 is 0 Å². The number of aliphatic hydroxyl groups excluding tert-OH is 1. The smallest absolute Gasteiger partial charge is 0.278 e. The maximum absolute atomic E-state index is 12.8. The van der Waals surface area contributed by atoms with Gasteiger partial charge in [0.25, 0.3) is 5.91 Å². The summed E-state index contributed by atoms with van der Waals surface area (Å²) < 4.78 is 5.45. The fourth-order valence-corrected chi connectivity index (χ4v) is 4.00. The summed E-state index contributed by atoms with van der Waals surface area (Å²) in [4.78, 5) is 25.3. The topological polar surface area (TPSA) is 66.8 Å². The average molecular weight is 394 g/mol. The molecule has 0 aromatic heterocycles. The molecule has 0 saturated carbocycles. The van der Waals surface area contributed by atoms with Gasteiger partial charge in [-0.25, -0.2) is 5.06 Å². The van der Waals surface area contributed by atoms with E-state index in [0.29, 0.717) is 22.3 Å². The van der Waals surface area contributed by atoms with Crippen LogP contribution in [-0.4, -0.2) is 47.5 Å². The van der Waals surface area contributed by atoms with Crippen molar-refractivity contribution in [2.75, 3.05) is 25.2 Å². The molecule has 0 unspecified atom stereocenters. The first-order valence-electron chi connectivity index (χ1n) is 8.46. The molecule has 0 saturated heterocycles. The van der Waals surface area contributed by atoms with Crippen LogP contribution in [0.2, 0.25) is 0 Å². The Bertz CT molecular complexity index is 767.